The molecular weight excluding hydrogens is 168 g/mol. The lowest BCUT2D eigenvalue weighted by Crippen LogP contribution is -1.72. The number of carbonyl (C=O) groups excluding carboxylic acids is 2. The van der Waals surface area contributed by atoms with Crippen molar-refractivity contribution in [3.8, 4) is 0 Å². The van der Waals surface area contributed by atoms with Gasteiger partial charge in [0.1, 0.15) is 0 Å². The third-order valence-electron chi connectivity index (χ3n) is 1.89. The SMILES string of the molecule is O=Cc1oc(C=O)c2ccccc12. The topological polar surface area (TPSA) is 47.3 Å². The molecule has 1 heterocycles. The fourth-order valence-corrected chi connectivity index (χ4v) is 1.32. The predicted molar refractivity (Wildman–Crippen MR) is 47.0 cm³/mol. The Bertz CT molecular complexity index is 426. The van der Waals surface area contributed by atoms with E-state index in [1.165, 1.54) is 0 Å². The fraction of sp³-hybridized carbons (Fsp3) is 0. The number of furan rings is 1. The minimum Gasteiger partial charge on any atom is -0.449 e. The summed E-state index contributed by atoms with van der Waals surface area (Å²) in [5.74, 6) is 0.412. The van der Waals surface area contributed by atoms with E-state index in [9.17, 15) is 9.59 Å². The van der Waals surface area contributed by atoms with Crippen LogP contribution in [-0.2, 0) is 0 Å². The largest absolute Gasteiger partial charge is 0.449 e. The molecule has 3 heteroatoms. The van der Waals surface area contributed by atoms with Crippen molar-refractivity contribution in [3.63, 3.8) is 0 Å². The molecule has 0 amide bonds. The molecule has 0 unspecified atom stereocenters. The number of hydrogen-bond acceptors (Lipinski definition) is 3. The summed E-state index contributed by atoms with van der Waals surface area (Å²) in [6, 6.07) is 7.07. The Balaban J connectivity index is 2.89. The van der Waals surface area contributed by atoms with E-state index in [0.29, 0.717) is 23.3 Å². The minimum absolute atomic E-state index is 0.206. The van der Waals surface area contributed by atoms with Gasteiger partial charge in [0, 0.05) is 10.8 Å². The molecule has 0 atom stereocenters. The van der Waals surface area contributed by atoms with E-state index in [1.54, 1.807) is 24.3 Å². The van der Waals surface area contributed by atoms with Crippen molar-refractivity contribution in [1.29, 1.82) is 0 Å². The van der Waals surface area contributed by atoms with Crippen LogP contribution < -0.4 is 0 Å². The average Bonchev–Trinajstić information content (AvgIpc) is 2.56. The summed E-state index contributed by atoms with van der Waals surface area (Å²) in [7, 11) is 0. The van der Waals surface area contributed by atoms with Crippen LogP contribution in [0.25, 0.3) is 10.8 Å². The molecule has 0 saturated carbocycles. The van der Waals surface area contributed by atoms with Gasteiger partial charge in [-0.15, -0.1) is 0 Å². The zero-order valence-electron chi connectivity index (χ0n) is 6.69. The van der Waals surface area contributed by atoms with Crippen LogP contribution in [0.1, 0.15) is 21.1 Å². The highest BCUT2D eigenvalue weighted by molar-refractivity contribution is 6.03. The van der Waals surface area contributed by atoms with Crippen molar-refractivity contribution in [3.05, 3.63) is 35.8 Å². The Hall–Kier alpha value is -1.90. The van der Waals surface area contributed by atoms with Gasteiger partial charge < -0.3 is 4.42 Å². The molecule has 3 nitrogen and oxygen atoms in total. The maximum atomic E-state index is 10.5. The highest BCUT2D eigenvalue weighted by Gasteiger charge is 2.10. The van der Waals surface area contributed by atoms with E-state index < -0.39 is 0 Å². The Morgan fingerprint density at radius 1 is 0.923 bits per heavy atom. The lowest BCUT2D eigenvalue weighted by atomic mass is 10.1. The standard InChI is InChI=1S/C10H6O3/c11-5-9-7-3-1-2-4-8(7)10(6-12)13-9/h1-6H. The van der Waals surface area contributed by atoms with Crippen LogP contribution in [0.3, 0.4) is 0 Å². The monoisotopic (exact) mass is 174 g/mol. The van der Waals surface area contributed by atoms with Crippen LogP contribution >= 0.6 is 0 Å². The van der Waals surface area contributed by atoms with Gasteiger partial charge in [-0.1, -0.05) is 24.3 Å². The van der Waals surface area contributed by atoms with Gasteiger partial charge in [-0.25, -0.2) is 0 Å². The zero-order valence-corrected chi connectivity index (χ0v) is 6.69. The molecule has 0 aliphatic rings. The molecule has 0 N–H and O–H groups in total. The van der Waals surface area contributed by atoms with Crippen molar-refractivity contribution < 1.29 is 14.0 Å². The lowest BCUT2D eigenvalue weighted by molar-refractivity contribution is 0.108. The van der Waals surface area contributed by atoms with Crippen LogP contribution in [0.5, 0.6) is 0 Å². The summed E-state index contributed by atoms with van der Waals surface area (Å²) in [4.78, 5) is 21.1. The molecule has 0 bridgehead atoms. The molecule has 0 fully saturated rings. The molecule has 1 aromatic heterocycles. The van der Waals surface area contributed by atoms with Crippen LogP contribution in [0, 0.1) is 0 Å². The van der Waals surface area contributed by atoms with Gasteiger partial charge in [0.25, 0.3) is 0 Å². The number of rotatable bonds is 2. The molecule has 2 rings (SSSR count). The number of benzene rings is 1. The third kappa shape index (κ3) is 1.05. The first-order valence-corrected chi connectivity index (χ1v) is 3.78. The Labute approximate surface area is 74.0 Å². The smallest absolute Gasteiger partial charge is 0.185 e. The molecule has 0 spiro atoms. The first-order chi connectivity index (χ1) is 6.36. The van der Waals surface area contributed by atoms with E-state index in [1.807, 2.05) is 0 Å². The highest BCUT2D eigenvalue weighted by atomic mass is 16.4. The maximum absolute atomic E-state index is 10.5. The summed E-state index contributed by atoms with van der Waals surface area (Å²) in [6.45, 7) is 0. The first-order valence-electron chi connectivity index (χ1n) is 3.78. The van der Waals surface area contributed by atoms with Gasteiger partial charge in [-0.05, 0) is 0 Å². The Morgan fingerprint density at radius 2 is 1.38 bits per heavy atom. The summed E-state index contributed by atoms with van der Waals surface area (Å²) >= 11 is 0. The summed E-state index contributed by atoms with van der Waals surface area (Å²) in [6.07, 6.45) is 1.21. The van der Waals surface area contributed by atoms with E-state index in [2.05, 4.69) is 0 Å². The van der Waals surface area contributed by atoms with Crippen LogP contribution in [0.2, 0.25) is 0 Å². The molecule has 0 aliphatic carbocycles. The average molecular weight is 174 g/mol. The van der Waals surface area contributed by atoms with Gasteiger partial charge in [0.05, 0.1) is 0 Å². The normalized spacial score (nSPS) is 10.2. The highest BCUT2D eigenvalue weighted by Crippen LogP contribution is 2.23. The second kappa shape index (κ2) is 2.86. The quantitative estimate of drug-likeness (QED) is 0.654. The summed E-state index contributed by atoms with van der Waals surface area (Å²) in [5.41, 5.74) is 0. The van der Waals surface area contributed by atoms with Gasteiger partial charge in [-0.3, -0.25) is 9.59 Å². The molecule has 13 heavy (non-hydrogen) atoms. The predicted octanol–water partition coefficient (Wildman–Crippen LogP) is 2.06. The molecule has 0 aliphatic heterocycles. The molecule has 0 saturated heterocycles. The van der Waals surface area contributed by atoms with Crippen molar-refractivity contribution in [2.75, 3.05) is 0 Å². The Morgan fingerprint density at radius 3 is 1.77 bits per heavy atom. The van der Waals surface area contributed by atoms with Gasteiger partial charge in [0.15, 0.2) is 24.1 Å². The van der Waals surface area contributed by atoms with Crippen LogP contribution in [0.4, 0.5) is 0 Å². The van der Waals surface area contributed by atoms with Gasteiger partial charge in [0.2, 0.25) is 0 Å². The molecule has 0 radical (unpaired) electrons. The van der Waals surface area contributed by atoms with Crippen molar-refractivity contribution >= 4 is 23.3 Å². The van der Waals surface area contributed by atoms with Crippen molar-refractivity contribution in [1.82, 2.24) is 0 Å². The van der Waals surface area contributed by atoms with Crippen LogP contribution in [-0.4, -0.2) is 12.6 Å². The number of hydrogen-bond donors (Lipinski definition) is 0. The molecule has 1 aromatic carbocycles. The van der Waals surface area contributed by atoms with Gasteiger partial charge in [-0.2, -0.15) is 0 Å². The zero-order chi connectivity index (χ0) is 9.26. The summed E-state index contributed by atoms with van der Waals surface area (Å²) < 4.78 is 5.03. The molecular formula is C10H6O3. The lowest BCUT2D eigenvalue weighted by Gasteiger charge is -1.85. The number of fused-ring (bicyclic) bond motifs is 1. The number of aldehydes is 2. The van der Waals surface area contributed by atoms with E-state index in [4.69, 9.17) is 4.42 Å². The molecule has 64 valence electrons. The Kier molecular flexibility index (Phi) is 1.70. The maximum Gasteiger partial charge on any atom is 0.185 e. The van der Waals surface area contributed by atoms with Crippen LogP contribution in [0.15, 0.2) is 28.7 Å². The second-order valence-electron chi connectivity index (χ2n) is 2.61. The van der Waals surface area contributed by atoms with Crippen molar-refractivity contribution in [2.24, 2.45) is 0 Å². The fourth-order valence-electron chi connectivity index (χ4n) is 1.32. The van der Waals surface area contributed by atoms with Gasteiger partial charge >= 0.3 is 0 Å². The first kappa shape index (κ1) is 7.73. The van der Waals surface area contributed by atoms with E-state index in [-0.39, 0.29) is 11.5 Å². The molecule has 2 aromatic rings. The minimum atomic E-state index is 0.206. The third-order valence-corrected chi connectivity index (χ3v) is 1.89. The van der Waals surface area contributed by atoms with Crippen molar-refractivity contribution in [2.45, 2.75) is 0 Å². The van der Waals surface area contributed by atoms with E-state index >= 15 is 0 Å². The summed E-state index contributed by atoms with van der Waals surface area (Å²) in [5, 5.41) is 1.36. The van der Waals surface area contributed by atoms with E-state index in [0.717, 1.165) is 0 Å². The number of carbonyl (C=O) groups is 2. The second-order valence-corrected chi connectivity index (χ2v) is 2.61.